The van der Waals surface area contributed by atoms with Gasteiger partial charge in [-0.1, -0.05) is 30.3 Å². The fourth-order valence-corrected chi connectivity index (χ4v) is 3.34. The summed E-state index contributed by atoms with van der Waals surface area (Å²) in [6.45, 7) is 6.66. The zero-order valence-electron chi connectivity index (χ0n) is 13.4. The monoisotopic (exact) mass is 279 g/mol. The van der Waals surface area contributed by atoms with Crippen molar-refractivity contribution in [3.8, 4) is 0 Å². The van der Waals surface area contributed by atoms with E-state index in [2.05, 4.69) is 62.5 Å². The molecule has 1 atom stereocenters. The van der Waals surface area contributed by atoms with Gasteiger partial charge in [-0.2, -0.15) is 0 Å². The molecule has 110 valence electrons. The van der Waals surface area contributed by atoms with Gasteiger partial charge in [-0.25, -0.2) is 0 Å². The van der Waals surface area contributed by atoms with Gasteiger partial charge in [0.1, 0.15) is 0 Å². The predicted molar refractivity (Wildman–Crippen MR) is 91.1 cm³/mol. The second-order valence-corrected chi connectivity index (χ2v) is 6.44. The molecule has 3 rings (SSSR count). The summed E-state index contributed by atoms with van der Waals surface area (Å²) in [7, 11) is 0. The Morgan fingerprint density at radius 2 is 1.76 bits per heavy atom. The van der Waals surface area contributed by atoms with E-state index in [4.69, 9.17) is 0 Å². The van der Waals surface area contributed by atoms with Gasteiger partial charge in [-0.3, -0.25) is 0 Å². The van der Waals surface area contributed by atoms with E-state index in [-0.39, 0.29) is 0 Å². The lowest BCUT2D eigenvalue weighted by Gasteiger charge is -2.27. The molecule has 0 saturated heterocycles. The Balaban J connectivity index is 1.66. The van der Waals surface area contributed by atoms with Crippen LogP contribution in [0.2, 0.25) is 0 Å². The Bertz CT molecular complexity index is 642. The molecule has 2 aromatic carbocycles. The number of anilines is 1. The van der Waals surface area contributed by atoms with Crippen LogP contribution in [0, 0.1) is 20.8 Å². The number of aryl methyl sites for hydroxylation is 5. The van der Waals surface area contributed by atoms with Gasteiger partial charge in [0, 0.05) is 11.7 Å². The van der Waals surface area contributed by atoms with Crippen molar-refractivity contribution in [2.45, 2.75) is 52.5 Å². The van der Waals surface area contributed by atoms with Crippen LogP contribution in [-0.4, -0.2) is 6.04 Å². The predicted octanol–water partition coefficient (Wildman–Crippen LogP) is 4.97. The molecule has 0 amide bonds. The maximum absolute atomic E-state index is 3.71. The molecule has 0 bridgehead atoms. The smallest absolute Gasteiger partial charge is 0.0374 e. The van der Waals surface area contributed by atoms with Crippen molar-refractivity contribution >= 4 is 5.69 Å². The second kappa shape index (κ2) is 5.93. The fourth-order valence-electron chi connectivity index (χ4n) is 3.34. The third-order valence-electron chi connectivity index (χ3n) is 4.85. The molecule has 1 aliphatic rings. The molecule has 1 aliphatic heterocycles. The molecular weight excluding hydrogens is 254 g/mol. The molecular formula is C20H25N. The van der Waals surface area contributed by atoms with Crippen molar-refractivity contribution in [3.63, 3.8) is 0 Å². The van der Waals surface area contributed by atoms with Crippen molar-refractivity contribution in [3.05, 3.63) is 64.2 Å². The van der Waals surface area contributed by atoms with Crippen LogP contribution in [0.5, 0.6) is 0 Å². The normalized spacial score (nSPS) is 17.2. The first-order valence-electron chi connectivity index (χ1n) is 8.04. The highest BCUT2D eigenvalue weighted by molar-refractivity contribution is 5.53. The van der Waals surface area contributed by atoms with Crippen LogP contribution in [0.25, 0.3) is 0 Å². The van der Waals surface area contributed by atoms with Crippen LogP contribution >= 0.6 is 0 Å². The first-order chi connectivity index (χ1) is 10.1. The van der Waals surface area contributed by atoms with Crippen molar-refractivity contribution < 1.29 is 0 Å². The van der Waals surface area contributed by atoms with Gasteiger partial charge < -0.3 is 5.32 Å². The topological polar surface area (TPSA) is 12.0 Å². The summed E-state index contributed by atoms with van der Waals surface area (Å²) in [4.78, 5) is 0. The Hall–Kier alpha value is -1.76. The SMILES string of the molecule is Cc1cc(C)c(CCC2CCc3ccccc3N2)cc1C. The lowest BCUT2D eigenvalue weighted by Crippen LogP contribution is -2.26. The number of para-hydroxylation sites is 1. The number of hydrogen-bond donors (Lipinski definition) is 1. The maximum Gasteiger partial charge on any atom is 0.0374 e. The van der Waals surface area contributed by atoms with E-state index < -0.39 is 0 Å². The van der Waals surface area contributed by atoms with E-state index in [9.17, 15) is 0 Å². The minimum Gasteiger partial charge on any atom is -0.382 e. The molecule has 0 radical (unpaired) electrons. The highest BCUT2D eigenvalue weighted by atomic mass is 14.9. The van der Waals surface area contributed by atoms with Crippen molar-refractivity contribution in [1.29, 1.82) is 0 Å². The Kier molecular flexibility index (Phi) is 4.01. The lowest BCUT2D eigenvalue weighted by molar-refractivity contribution is 0.586. The molecule has 0 spiro atoms. The highest BCUT2D eigenvalue weighted by Crippen LogP contribution is 2.27. The molecule has 0 fully saturated rings. The first kappa shape index (κ1) is 14.2. The van der Waals surface area contributed by atoms with Crippen LogP contribution in [0.3, 0.4) is 0 Å². The number of benzene rings is 2. The summed E-state index contributed by atoms with van der Waals surface area (Å²) < 4.78 is 0. The van der Waals surface area contributed by atoms with Gasteiger partial charge in [-0.05, 0) is 80.3 Å². The first-order valence-corrected chi connectivity index (χ1v) is 8.04. The molecule has 1 N–H and O–H groups in total. The largest absolute Gasteiger partial charge is 0.382 e. The molecule has 0 aromatic heterocycles. The quantitative estimate of drug-likeness (QED) is 0.836. The third kappa shape index (κ3) is 3.12. The number of fused-ring (bicyclic) bond motifs is 1. The minimum atomic E-state index is 0.612. The lowest BCUT2D eigenvalue weighted by atomic mass is 9.92. The molecule has 1 unspecified atom stereocenters. The summed E-state index contributed by atoms with van der Waals surface area (Å²) in [6.07, 6.45) is 4.85. The van der Waals surface area contributed by atoms with Crippen molar-refractivity contribution in [1.82, 2.24) is 0 Å². The maximum atomic E-state index is 3.71. The molecule has 1 nitrogen and oxygen atoms in total. The van der Waals surface area contributed by atoms with E-state index >= 15 is 0 Å². The van der Waals surface area contributed by atoms with Gasteiger partial charge >= 0.3 is 0 Å². The summed E-state index contributed by atoms with van der Waals surface area (Å²) >= 11 is 0. The number of hydrogen-bond acceptors (Lipinski definition) is 1. The van der Waals surface area contributed by atoms with Gasteiger partial charge in [-0.15, -0.1) is 0 Å². The zero-order chi connectivity index (χ0) is 14.8. The molecule has 0 aliphatic carbocycles. The standard InChI is InChI=1S/C20H25N/c1-14-12-16(3)18(13-15(14)2)9-11-19-10-8-17-6-4-5-7-20(17)21-19/h4-7,12-13,19,21H,8-11H2,1-3H3. The average Bonchev–Trinajstić information content (AvgIpc) is 2.49. The van der Waals surface area contributed by atoms with Crippen molar-refractivity contribution in [2.75, 3.05) is 5.32 Å². The Morgan fingerprint density at radius 3 is 2.62 bits per heavy atom. The molecule has 2 aromatic rings. The van der Waals surface area contributed by atoms with Gasteiger partial charge in [0.05, 0.1) is 0 Å². The van der Waals surface area contributed by atoms with Crippen LogP contribution in [0.4, 0.5) is 5.69 Å². The number of nitrogens with one attached hydrogen (secondary N) is 1. The summed E-state index contributed by atoms with van der Waals surface area (Å²) in [6, 6.07) is 14.0. The summed E-state index contributed by atoms with van der Waals surface area (Å²) in [5, 5.41) is 3.71. The van der Waals surface area contributed by atoms with Gasteiger partial charge in [0.15, 0.2) is 0 Å². The fraction of sp³-hybridized carbons (Fsp3) is 0.400. The number of rotatable bonds is 3. The van der Waals surface area contributed by atoms with Crippen LogP contribution in [-0.2, 0) is 12.8 Å². The molecule has 0 saturated carbocycles. The van der Waals surface area contributed by atoms with E-state index in [0.717, 1.165) is 0 Å². The van der Waals surface area contributed by atoms with Gasteiger partial charge in [0.2, 0.25) is 0 Å². The second-order valence-electron chi connectivity index (χ2n) is 6.44. The van der Waals surface area contributed by atoms with Gasteiger partial charge in [0.25, 0.3) is 0 Å². The summed E-state index contributed by atoms with van der Waals surface area (Å²) in [5.74, 6) is 0. The van der Waals surface area contributed by atoms with E-state index in [1.54, 1.807) is 0 Å². The molecule has 1 heterocycles. The van der Waals surface area contributed by atoms with E-state index in [1.807, 2.05) is 0 Å². The summed E-state index contributed by atoms with van der Waals surface area (Å²) in [5.41, 5.74) is 8.58. The van der Waals surface area contributed by atoms with E-state index in [0.29, 0.717) is 6.04 Å². The van der Waals surface area contributed by atoms with Crippen LogP contribution < -0.4 is 5.32 Å². The minimum absolute atomic E-state index is 0.612. The molecule has 1 heteroatoms. The zero-order valence-corrected chi connectivity index (χ0v) is 13.4. The Morgan fingerprint density at radius 1 is 1.00 bits per heavy atom. The van der Waals surface area contributed by atoms with Crippen LogP contribution in [0.15, 0.2) is 36.4 Å². The molecule has 21 heavy (non-hydrogen) atoms. The third-order valence-corrected chi connectivity index (χ3v) is 4.85. The highest BCUT2D eigenvalue weighted by Gasteiger charge is 2.17. The van der Waals surface area contributed by atoms with Crippen molar-refractivity contribution in [2.24, 2.45) is 0 Å². The average molecular weight is 279 g/mol. The van der Waals surface area contributed by atoms with Crippen LogP contribution in [0.1, 0.15) is 40.7 Å². The van der Waals surface area contributed by atoms with E-state index in [1.165, 1.54) is 59.2 Å². The Labute approximate surface area is 128 Å².